The van der Waals surface area contributed by atoms with Crippen molar-refractivity contribution in [1.82, 2.24) is 9.21 Å². The normalized spacial score (nSPS) is 11.7. The van der Waals surface area contributed by atoms with Gasteiger partial charge in [0.25, 0.3) is 5.91 Å². The van der Waals surface area contributed by atoms with Gasteiger partial charge in [0.2, 0.25) is 10.0 Å². The second kappa shape index (κ2) is 8.19. The van der Waals surface area contributed by atoms with Crippen LogP contribution in [0, 0.1) is 19.7 Å². The van der Waals surface area contributed by atoms with Crippen LogP contribution in [0.1, 0.15) is 27.0 Å². The maximum atomic E-state index is 13.0. The van der Waals surface area contributed by atoms with Crippen LogP contribution < -0.4 is 0 Å². The lowest BCUT2D eigenvalue weighted by Gasteiger charge is -2.20. The zero-order valence-electron chi connectivity index (χ0n) is 16.3. The van der Waals surface area contributed by atoms with Crippen molar-refractivity contribution in [1.29, 1.82) is 0 Å². The summed E-state index contributed by atoms with van der Waals surface area (Å²) in [6, 6.07) is 9.30. The summed E-state index contributed by atoms with van der Waals surface area (Å²) in [6.07, 6.45) is 0.580. The average Bonchev–Trinajstić information content (AvgIpc) is 2.62. The molecule has 0 radical (unpaired) electrons. The summed E-state index contributed by atoms with van der Waals surface area (Å²) < 4.78 is 39.2. The highest BCUT2D eigenvalue weighted by molar-refractivity contribution is 7.89. The van der Waals surface area contributed by atoms with Gasteiger partial charge >= 0.3 is 0 Å². The number of aryl methyl sites for hydroxylation is 1. The smallest absolute Gasteiger partial charge is 0.253 e. The molecule has 0 heterocycles. The molecule has 0 aromatic heterocycles. The first-order valence-corrected chi connectivity index (χ1v) is 10.0. The number of rotatable bonds is 6. The molecule has 2 rings (SSSR count). The number of carbonyl (C=O) groups is 1. The van der Waals surface area contributed by atoms with Gasteiger partial charge in [0.05, 0.1) is 4.90 Å². The van der Waals surface area contributed by atoms with E-state index in [1.165, 1.54) is 32.3 Å². The molecule has 0 fully saturated rings. The summed E-state index contributed by atoms with van der Waals surface area (Å²) in [4.78, 5) is 14.5. The fourth-order valence-electron chi connectivity index (χ4n) is 2.68. The Hall–Kier alpha value is -2.25. The molecule has 0 aliphatic carbocycles. The van der Waals surface area contributed by atoms with Crippen LogP contribution in [0.3, 0.4) is 0 Å². The number of halogens is 1. The van der Waals surface area contributed by atoms with Crippen molar-refractivity contribution >= 4 is 15.9 Å². The van der Waals surface area contributed by atoms with E-state index in [0.717, 1.165) is 15.4 Å². The van der Waals surface area contributed by atoms with Gasteiger partial charge in [-0.1, -0.05) is 12.1 Å². The van der Waals surface area contributed by atoms with E-state index in [-0.39, 0.29) is 16.6 Å². The second-order valence-electron chi connectivity index (χ2n) is 6.81. The minimum Gasteiger partial charge on any atom is -0.341 e. The van der Waals surface area contributed by atoms with Gasteiger partial charge in [-0.2, -0.15) is 0 Å². The molecule has 0 bridgehead atoms. The maximum absolute atomic E-state index is 13.0. The first-order valence-electron chi connectivity index (χ1n) is 8.57. The van der Waals surface area contributed by atoms with E-state index in [4.69, 9.17) is 0 Å². The quantitative estimate of drug-likeness (QED) is 0.759. The minimum absolute atomic E-state index is 0.141. The Labute approximate surface area is 160 Å². The lowest BCUT2D eigenvalue weighted by Crippen LogP contribution is -2.30. The van der Waals surface area contributed by atoms with E-state index >= 15 is 0 Å². The van der Waals surface area contributed by atoms with E-state index in [0.29, 0.717) is 24.1 Å². The molecule has 5 nitrogen and oxygen atoms in total. The van der Waals surface area contributed by atoms with Gasteiger partial charge in [-0.15, -0.1) is 0 Å². The summed E-state index contributed by atoms with van der Waals surface area (Å²) in [5.74, 6) is -0.552. The van der Waals surface area contributed by atoms with Gasteiger partial charge in [-0.05, 0) is 61.2 Å². The number of benzene rings is 2. The zero-order valence-corrected chi connectivity index (χ0v) is 17.1. The standard InChI is InChI=1S/C20H25FN2O3S/c1-14-12-17(13-19(15(14)2)27(25,26)22(3)4)20(24)23(5)11-10-16-6-8-18(21)9-7-16/h6-9,12-13H,10-11H2,1-5H3. The van der Waals surface area contributed by atoms with Crippen LogP contribution >= 0.6 is 0 Å². The summed E-state index contributed by atoms with van der Waals surface area (Å²) in [5, 5.41) is 0. The number of carbonyl (C=O) groups excluding carboxylic acids is 1. The van der Waals surface area contributed by atoms with E-state index in [1.54, 1.807) is 44.0 Å². The van der Waals surface area contributed by atoms with Gasteiger partial charge in [0.1, 0.15) is 5.82 Å². The number of amides is 1. The molecule has 7 heteroatoms. The Morgan fingerprint density at radius 3 is 2.19 bits per heavy atom. The van der Waals surface area contributed by atoms with E-state index in [1.807, 2.05) is 0 Å². The van der Waals surface area contributed by atoms with Crippen LogP contribution in [0.5, 0.6) is 0 Å². The van der Waals surface area contributed by atoms with Gasteiger partial charge in [0.15, 0.2) is 0 Å². The Balaban J connectivity index is 2.25. The molecule has 2 aromatic rings. The molecular weight excluding hydrogens is 367 g/mol. The van der Waals surface area contributed by atoms with E-state index < -0.39 is 10.0 Å². The third-order valence-corrected chi connectivity index (χ3v) is 6.56. The van der Waals surface area contributed by atoms with Crippen LogP contribution in [-0.4, -0.2) is 51.2 Å². The molecule has 0 N–H and O–H groups in total. The highest BCUT2D eigenvalue weighted by atomic mass is 32.2. The van der Waals surface area contributed by atoms with Gasteiger partial charge < -0.3 is 4.90 Å². The summed E-state index contributed by atoms with van der Waals surface area (Å²) >= 11 is 0. The number of nitrogens with zero attached hydrogens (tertiary/aromatic N) is 2. The molecular formula is C20H25FN2O3S. The second-order valence-corrected chi connectivity index (χ2v) is 8.93. The molecule has 0 spiro atoms. The summed E-state index contributed by atoms with van der Waals surface area (Å²) in [5.41, 5.74) is 2.63. The Bertz CT molecular complexity index is 938. The van der Waals surface area contributed by atoms with Crippen molar-refractivity contribution in [3.63, 3.8) is 0 Å². The first kappa shape index (κ1) is 21.1. The molecule has 0 atom stereocenters. The van der Waals surface area contributed by atoms with Crippen LogP contribution in [0.15, 0.2) is 41.3 Å². The number of likely N-dealkylation sites (N-methyl/N-ethyl adjacent to an activating group) is 1. The molecule has 2 aromatic carbocycles. The van der Waals surface area contributed by atoms with Crippen LogP contribution in [0.4, 0.5) is 4.39 Å². The molecule has 0 aliphatic rings. The van der Waals surface area contributed by atoms with Crippen molar-refractivity contribution in [2.75, 3.05) is 27.7 Å². The van der Waals surface area contributed by atoms with Crippen LogP contribution in [-0.2, 0) is 16.4 Å². The van der Waals surface area contributed by atoms with Gasteiger partial charge in [-0.25, -0.2) is 17.1 Å². The van der Waals surface area contributed by atoms with Gasteiger partial charge in [0, 0.05) is 33.3 Å². The molecule has 0 aliphatic heterocycles. The van der Waals surface area contributed by atoms with Crippen molar-refractivity contribution in [3.8, 4) is 0 Å². The first-order chi connectivity index (χ1) is 12.5. The predicted molar refractivity (Wildman–Crippen MR) is 104 cm³/mol. The Morgan fingerprint density at radius 1 is 1.04 bits per heavy atom. The Kier molecular flexibility index (Phi) is 6.38. The fraction of sp³-hybridized carbons (Fsp3) is 0.350. The zero-order chi connectivity index (χ0) is 20.4. The number of hydrogen-bond donors (Lipinski definition) is 0. The third kappa shape index (κ3) is 4.73. The molecule has 0 saturated carbocycles. The number of hydrogen-bond acceptors (Lipinski definition) is 3. The third-order valence-electron chi connectivity index (χ3n) is 4.62. The molecule has 0 unspecified atom stereocenters. The van der Waals surface area contributed by atoms with Crippen molar-refractivity contribution < 1.29 is 17.6 Å². The predicted octanol–water partition coefficient (Wildman–Crippen LogP) is 3.01. The van der Waals surface area contributed by atoms with Crippen molar-refractivity contribution in [3.05, 3.63) is 64.5 Å². The SMILES string of the molecule is Cc1cc(C(=O)N(C)CCc2ccc(F)cc2)cc(S(=O)(=O)N(C)C)c1C. The van der Waals surface area contributed by atoms with E-state index in [9.17, 15) is 17.6 Å². The minimum atomic E-state index is -3.64. The molecule has 146 valence electrons. The fourth-order valence-corrected chi connectivity index (χ4v) is 3.90. The van der Waals surface area contributed by atoms with Crippen molar-refractivity contribution in [2.24, 2.45) is 0 Å². The largest absolute Gasteiger partial charge is 0.341 e. The van der Waals surface area contributed by atoms with Crippen LogP contribution in [0.2, 0.25) is 0 Å². The topological polar surface area (TPSA) is 57.7 Å². The monoisotopic (exact) mass is 392 g/mol. The molecule has 0 saturated heterocycles. The lowest BCUT2D eigenvalue weighted by atomic mass is 10.1. The maximum Gasteiger partial charge on any atom is 0.253 e. The summed E-state index contributed by atoms with van der Waals surface area (Å²) in [7, 11) is 0.955. The van der Waals surface area contributed by atoms with E-state index in [2.05, 4.69) is 0 Å². The van der Waals surface area contributed by atoms with Crippen LogP contribution in [0.25, 0.3) is 0 Å². The Morgan fingerprint density at radius 2 is 1.63 bits per heavy atom. The molecule has 1 amide bonds. The molecule has 27 heavy (non-hydrogen) atoms. The average molecular weight is 392 g/mol. The highest BCUT2D eigenvalue weighted by Gasteiger charge is 2.23. The van der Waals surface area contributed by atoms with Crippen molar-refractivity contribution in [2.45, 2.75) is 25.2 Å². The summed E-state index contributed by atoms with van der Waals surface area (Å²) in [6.45, 7) is 3.96. The highest BCUT2D eigenvalue weighted by Crippen LogP contribution is 2.24. The number of sulfonamides is 1. The lowest BCUT2D eigenvalue weighted by molar-refractivity contribution is 0.0796. The van der Waals surface area contributed by atoms with Gasteiger partial charge in [-0.3, -0.25) is 4.79 Å².